The highest BCUT2D eigenvalue weighted by atomic mass is 16.3. The van der Waals surface area contributed by atoms with Crippen LogP contribution in [-0.2, 0) is 6.42 Å². The third-order valence-corrected chi connectivity index (χ3v) is 1.28. The van der Waals surface area contributed by atoms with Crippen molar-refractivity contribution in [2.45, 2.75) is 26.4 Å². The third kappa shape index (κ3) is 1.33. The van der Waals surface area contributed by atoms with E-state index in [0.29, 0.717) is 5.82 Å². The zero-order valence-electron chi connectivity index (χ0n) is 6.13. The van der Waals surface area contributed by atoms with Crippen molar-refractivity contribution in [3.63, 3.8) is 0 Å². The number of nitrogens with zero attached hydrogens (tertiary/aromatic N) is 2. The van der Waals surface area contributed by atoms with Crippen LogP contribution >= 0.6 is 0 Å². The fourth-order valence-electron chi connectivity index (χ4n) is 0.659. The SMILES string of the molecule is CCc1nnc(C(C)O)[nH]1. The van der Waals surface area contributed by atoms with Gasteiger partial charge >= 0.3 is 0 Å². The molecule has 1 aromatic heterocycles. The Morgan fingerprint density at radius 3 is 2.60 bits per heavy atom. The molecule has 0 fully saturated rings. The molecule has 0 amide bonds. The van der Waals surface area contributed by atoms with Crippen LogP contribution in [-0.4, -0.2) is 20.3 Å². The van der Waals surface area contributed by atoms with Gasteiger partial charge < -0.3 is 10.1 Å². The minimum absolute atomic E-state index is 0.539. The Bertz CT molecular complexity index is 207. The number of nitrogens with one attached hydrogen (secondary N) is 1. The van der Waals surface area contributed by atoms with Crippen LogP contribution in [0.1, 0.15) is 31.6 Å². The zero-order valence-corrected chi connectivity index (χ0v) is 6.13. The van der Waals surface area contributed by atoms with E-state index in [1.807, 2.05) is 6.92 Å². The molecule has 56 valence electrons. The second-order valence-electron chi connectivity index (χ2n) is 2.19. The lowest BCUT2D eigenvalue weighted by molar-refractivity contribution is 0.189. The van der Waals surface area contributed by atoms with Crippen molar-refractivity contribution >= 4 is 0 Å². The summed E-state index contributed by atoms with van der Waals surface area (Å²) in [6.45, 7) is 3.63. The molecule has 0 aliphatic rings. The van der Waals surface area contributed by atoms with Crippen LogP contribution in [0.25, 0.3) is 0 Å². The second kappa shape index (κ2) is 2.79. The summed E-state index contributed by atoms with van der Waals surface area (Å²) < 4.78 is 0. The molecule has 1 aromatic rings. The maximum Gasteiger partial charge on any atom is 0.159 e. The standard InChI is InChI=1S/C6H11N3O/c1-3-5-7-6(4(2)10)9-8-5/h4,10H,3H2,1-2H3,(H,7,8,9). The minimum Gasteiger partial charge on any atom is -0.385 e. The second-order valence-corrected chi connectivity index (χ2v) is 2.19. The monoisotopic (exact) mass is 141 g/mol. The Morgan fingerprint density at radius 1 is 1.60 bits per heavy atom. The number of hydrogen-bond acceptors (Lipinski definition) is 3. The first-order valence-electron chi connectivity index (χ1n) is 3.33. The summed E-state index contributed by atoms with van der Waals surface area (Å²) in [5.74, 6) is 1.35. The smallest absolute Gasteiger partial charge is 0.159 e. The molecule has 0 saturated heterocycles. The number of H-pyrrole nitrogens is 1. The molecule has 0 aromatic carbocycles. The molecular weight excluding hydrogens is 130 g/mol. The van der Waals surface area contributed by atoms with Crippen molar-refractivity contribution < 1.29 is 5.11 Å². The minimum atomic E-state index is -0.548. The Kier molecular flexibility index (Phi) is 2.01. The van der Waals surface area contributed by atoms with Crippen molar-refractivity contribution in [1.82, 2.24) is 15.2 Å². The lowest BCUT2D eigenvalue weighted by atomic mass is 10.4. The van der Waals surface area contributed by atoms with E-state index in [1.54, 1.807) is 6.92 Å². The number of aliphatic hydroxyl groups is 1. The topological polar surface area (TPSA) is 61.8 Å². The molecule has 0 spiro atoms. The van der Waals surface area contributed by atoms with E-state index >= 15 is 0 Å². The van der Waals surface area contributed by atoms with Gasteiger partial charge in [-0.3, -0.25) is 0 Å². The first-order chi connectivity index (χ1) is 4.74. The Hall–Kier alpha value is -0.900. The summed E-state index contributed by atoms with van der Waals surface area (Å²) in [6, 6.07) is 0. The summed E-state index contributed by atoms with van der Waals surface area (Å²) in [5.41, 5.74) is 0. The van der Waals surface area contributed by atoms with Gasteiger partial charge in [-0.1, -0.05) is 6.92 Å². The summed E-state index contributed by atoms with van der Waals surface area (Å²) >= 11 is 0. The number of hydrogen-bond donors (Lipinski definition) is 2. The van der Waals surface area contributed by atoms with E-state index in [1.165, 1.54) is 0 Å². The van der Waals surface area contributed by atoms with Gasteiger partial charge in [-0.05, 0) is 6.92 Å². The molecule has 4 heteroatoms. The van der Waals surface area contributed by atoms with Crippen molar-refractivity contribution in [1.29, 1.82) is 0 Å². The first kappa shape index (κ1) is 7.21. The average Bonchev–Trinajstić information content (AvgIpc) is 2.34. The van der Waals surface area contributed by atoms with Gasteiger partial charge in [-0.25, -0.2) is 0 Å². The molecule has 0 aliphatic heterocycles. The number of aromatic nitrogens is 3. The number of aliphatic hydroxyl groups excluding tert-OH is 1. The van der Waals surface area contributed by atoms with Gasteiger partial charge in [0, 0.05) is 6.42 Å². The predicted molar refractivity (Wildman–Crippen MR) is 36.4 cm³/mol. The molecule has 2 N–H and O–H groups in total. The van der Waals surface area contributed by atoms with Crippen LogP contribution in [0.2, 0.25) is 0 Å². The molecule has 1 unspecified atom stereocenters. The van der Waals surface area contributed by atoms with Crippen molar-refractivity contribution in [3.05, 3.63) is 11.6 Å². The summed E-state index contributed by atoms with van der Waals surface area (Å²) in [4.78, 5) is 2.89. The molecular formula is C6H11N3O. The fraction of sp³-hybridized carbons (Fsp3) is 0.667. The van der Waals surface area contributed by atoms with E-state index in [2.05, 4.69) is 15.2 Å². The highest BCUT2D eigenvalue weighted by molar-refractivity contribution is 4.91. The van der Waals surface area contributed by atoms with Crippen molar-refractivity contribution in [3.8, 4) is 0 Å². The molecule has 1 rings (SSSR count). The molecule has 0 aliphatic carbocycles. The summed E-state index contributed by atoms with van der Waals surface area (Å²) in [5, 5.41) is 16.5. The van der Waals surface area contributed by atoms with Crippen LogP contribution in [0.5, 0.6) is 0 Å². The van der Waals surface area contributed by atoms with E-state index in [-0.39, 0.29) is 0 Å². The molecule has 0 bridgehead atoms. The summed E-state index contributed by atoms with van der Waals surface area (Å²) in [7, 11) is 0. The molecule has 1 heterocycles. The fourth-order valence-corrected chi connectivity index (χ4v) is 0.659. The van der Waals surface area contributed by atoms with Crippen LogP contribution in [0.4, 0.5) is 0 Å². The van der Waals surface area contributed by atoms with Gasteiger partial charge in [-0.2, -0.15) is 0 Å². The maximum atomic E-state index is 9.00. The van der Waals surface area contributed by atoms with Gasteiger partial charge in [-0.15, -0.1) is 10.2 Å². The lowest BCUT2D eigenvalue weighted by Crippen LogP contribution is -1.93. The molecule has 1 atom stereocenters. The third-order valence-electron chi connectivity index (χ3n) is 1.28. The van der Waals surface area contributed by atoms with E-state index in [0.717, 1.165) is 12.2 Å². The number of aromatic amines is 1. The van der Waals surface area contributed by atoms with Crippen LogP contribution in [0.3, 0.4) is 0 Å². The molecule has 4 nitrogen and oxygen atoms in total. The van der Waals surface area contributed by atoms with E-state index < -0.39 is 6.10 Å². The average molecular weight is 141 g/mol. The molecule has 0 radical (unpaired) electrons. The normalized spacial score (nSPS) is 13.5. The van der Waals surface area contributed by atoms with Crippen molar-refractivity contribution in [2.24, 2.45) is 0 Å². The van der Waals surface area contributed by atoms with Gasteiger partial charge in [0.05, 0.1) is 0 Å². The van der Waals surface area contributed by atoms with Gasteiger partial charge in [0.25, 0.3) is 0 Å². The first-order valence-corrected chi connectivity index (χ1v) is 3.33. The summed E-state index contributed by atoms with van der Waals surface area (Å²) in [6.07, 6.45) is 0.271. The quantitative estimate of drug-likeness (QED) is 0.627. The number of aryl methyl sites for hydroxylation is 1. The van der Waals surface area contributed by atoms with Crippen LogP contribution < -0.4 is 0 Å². The Balaban J connectivity index is 2.78. The largest absolute Gasteiger partial charge is 0.385 e. The molecule has 10 heavy (non-hydrogen) atoms. The highest BCUT2D eigenvalue weighted by Crippen LogP contribution is 2.04. The van der Waals surface area contributed by atoms with Crippen molar-refractivity contribution in [2.75, 3.05) is 0 Å². The number of rotatable bonds is 2. The Labute approximate surface area is 59.3 Å². The van der Waals surface area contributed by atoms with E-state index in [9.17, 15) is 0 Å². The predicted octanol–water partition coefficient (Wildman–Crippen LogP) is 0.420. The lowest BCUT2D eigenvalue weighted by Gasteiger charge is -1.94. The maximum absolute atomic E-state index is 9.00. The van der Waals surface area contributed by atoms with Gasteiger partial charge in [0.2, 0.25) is 0 Å². The van der Waals surface area contributed by atoms with E-state index in [4.69, 9.17) is 5.11 Å². The Morgan fingerprint density at radius 2 is 2.30 bits per heavy atom. The highest BCUT2D eigenvalue weighted by Gasteiger charge is 2.04. The zero-order chi connectivity index (χ0) is 7.56. The van der Waals surface area contributed by atoms with Crippen LogP contribution in [0, 0.1) is 0 Å². The molecule has 0 saturated carbocycles. The van der Waals surface area contributed by atoms with Gasteiger partial charge in [0.1, 0.15) is 11.9 Å². The van der Waals surface area contributed by atoms with Gasteiger partial charge in [0.15, 0.2) is 5.82 Å². The van der Waals surface area contributed by atoms with Crippen LogP contribution in [0.15, 0.2) is 0 Å².